The monoisotopic (exact) mass is 239 g/mol. The highest BCUT2D eigenvalue weighted by atomic mass is 16.4. The normalized spacial score (nSPS) is 25.8. The van der Waals surface area contributed by atoms with E-state index < -0.39 is 5.97 Å². The van der Waals surface area contributed by atoms with Gasteiger partial charge < -0.3 is 5.11 Å². The van der Waals surface area contributed by atoms with Crippen molar-refractivity contribution in [1.82, 2.24) is 4.90 Å². The van der Waals surface area contributed by atoms with Crippen molar-refractivity contribution in [3.63, 3.8) is 0 Å². The first-order chi connectivity index (χ1) is 8.09. The summed E-state index contributed by atoms with van der Waals surface area (Å²) >= 11 is 0. The lowest BCUT2D eigenvalue weighted by atomic mass is 9.79. The molecule has 1 heterocycles. The molecular formula is C14H25NO2. The van der Waals surface area contributed by atoms with Crippen molar-refractivity contribution >= 4 is 5.97 Å². The largest absolute Gasteiger partial charge is 0.480 e. The van der Waals surface area contributed by atoms with Crippen molar-refractivity contribution in [3.8, 4) is 0 Å². The second-order valence-electron chi connectivity index (χ2n) is 6.14. The summed E-state index contributed by atoms with van der Waals surface area (Å²) in [7, 11) is 0. The molecule has 3 heteroatoms. The smallest absolute Gasteiger partial charge is 0.321 e. The van der Waals surface area contributed by atoms with Crippen LogP contribution in [-0.4, -0.2) is 35.1 Å². The van der Waals surface area contributed by atoms with Gasteiger partial charge in [-0.1, -0.05) is 33.1 Å². The fourth-order valence-electron chi connectivity index (χ4n) is 3.30. The van der Waals surface area contributed by atoms with Crippen LogP contribution in [0, 0.1) is 17.8 Å². The van der Waals surface area contributed by atoms with Gasteiger partial charge in [0.05, 0.1) is 0 Å². The Hall–Kier alpha value is -0.570. The van der Waals surface area contributed by atoms with Crippen LogP contribution in [0.2, 0.25) is 0 Å². The van der Waals surface area contributed by atoms with Crippen LogP contribution in [0.4, 0.5) is 0 Å². The summed E-state index contributed by atoms with van der Waals surface area (Å²) < 4.78 is 0. The number of carboxylic acids is 1. The maximum absolute atomic E-state index is 11.5. The van der Waals surface area contributed by atoms with Gasteiger partial charge in [-0.05, 0) is 30.6 Å². The summed E-state index contributed by atoms with van der Waals surface area (Å²) in [4.78, 5) is 13.7. The molecule has 0 radical (unpaired) electrons. The number of hydrogen-bond acceptors (Lipinski definition) is 2. The molecule has 1 aliphatic carbocycles. The summed E-state index contributed by atoms with van der Waals surface area (Å²) in [5.41, 5.74) is 0. The number of carbonyl (C=O) groups is 1. The van der Waals surface area contributed by atoms with Gasteiger partial charge in [-0.15, -0.1) is 0 Å². The van der Waals surface area contributed by atoms with Crippen molar-refractivity contribution in [2.75, 3.05) is 13.1 Å². The van der Waals surface area contributed by atoms with Gasteiger partial charge in [0.1, 0.15) is 6.04 Å². The Balaban J connectivity index is 1.92. The molecule has 1 atom stereocenters. The van der Waals surface area contributed by atoms with Crippen LogP contribution in [0.1, 0.15) is 46.0 Å². The summed E-state index contributed by atoms with van der Waals surface area (Å²) in [6.45, 7) is 6.45. The van der Waals surface area contributed by atoms with E-state index in [9.17, 15) is 9.90 Å². The maximum Gasteiger partial charge on any atom is 0.321 e. The lowest BCUT2D eigenvalue weighted by Gasteiger charge is -2.47. The molecule has 3 nitrogen and oxygen atoms in total. The fourth-order valence-corrected chi connectivity index (χ4v) is 3.30. The summed E-state index contributed by atoms with van der Waals surface area (Å²) in [5.74, 6) is 1.20. The first-order valence-corrected chi connectivity index (χ1v) is 7.06. The molecular weight excluding hydrogens is 214 g/mol. The Morgan fingerprint density at radius 2 is 1.71 bits per heavy atom. The average molecular weight is 239 g/mol. The fraction of sp³-hybridized carbons (Fsp3) is 0.929. The third kappa shape index (κ3) is 2.82. The molecule has 2 rings (SSSR count). The van der Waals surface area contributed by atoms with E-state index in [0.717, 1.165) is 25.9 Å². The van der Waals surface area contributed by atoms with E-state index in [4.69, 9.17) is 0 Å². The third-order valence-corrected chi connectivity index (χ3v) is 4.62. The summed E-state index contributed by atoms with van der Waals surface area (Å²) in [6, 6.07) is -0.203. The van der Waals surface area contributed by atoms with E-state index in [1.165, 1.54) is 19.3 Å². The van der Waals surface area contributed by atoms with E-state index in [0.29, 0.717) is 17.8 Å². The second kappa shape index (κ2) is 5.38. The molecule has 1 saturated carbocycles. The zero-order chi connectivity index (χ0) is 12.4. The number of rotatable bonds is 4. The Labute approximate surface area is 104 Å². The molecule has 0 spiro atoms. The van der Waals surface area contributed by atoms with E-state index in [1.807, 2.05) is 0 Å². The summed E-state index contributed by atoms with van der Waals surface area (Å²) in [5, 5.41) is 9.44. The van der Waals surface area contributed by atoms with Crippen molar-refractivity contribution in [3.05, 3.63) is 0 Å². The molecule has 1 aliphatic heterocycles. The van der Waals surface area contributed by atoms with Gasteiger partial charge in [-0.25, -0.2) is 0 Å². The maximum atomic E-state index is 11.5. The van der Waals surface area contributed by atoms with Crippen molar-refractivity contribution in [2.45, 2.75) is 52.0 Å². The van der Waals surface area contributed by atoms with Crippen LogP contribution in [0.3, 0.4) is 0 Å². The van der Waals surface area contributed by atoms with Gasteiger partial charge >= 0.3 is 5.97 Å². The Bertz CT molecular complexity index is 265. The van der Waals surface area contributed by atoms with E-state index >= 15 is 0 Å². The molecule has 17 heavy (non-hydrogen) atoms. The van der Waals surface area contributed by atoms with Gasteiger partial charge in [0.2, 0.25) is 0 Å². The molecule has 0 amide bonds. The Morgan fingerprint density at radius 1 is 1.12 bits per heavy atom. The van der Waals surface area contributed by atoms with Gasteiger partial charge in [-0.3, -0.25) is 9.69 Å². The minimum Gasteiger partial charge on any atom is -0.480 e. The topological polar surface area (TPSA) is 40.5 Å². The van der Waals surface area contributed by atoms with Gasteiger partial charge in [-0.2, -0.15) is 0 Å². The molecule has 0 bridgehead atoms. The molecule has 98 valence electrons. The highest BCUT2D eigenvalue weighted by molar-refractivity contribution is 5.74. The van der Waals surface area contributed by atoms with E-state index in [2.05, 4.69) is 18.7 Å². The standard InChI is InChI=1S/C14H25NO2/c1-10(2)12-8-15(9-12)13(14(16)17)11-6-4-3-5-7-11/h10-13H,3-9H2,1-2H3,(H,16,17). The first kappa shape index (κ1) is 12.9. The van der Waals surface area contributed by atoms with Crippen LogP contribution in [0.5, 0.6) is 0 Å². The second-order valence-corrected chi connectivity index (χ2v) is 6.14. The lowest BCUT2D eigenvalue weighted by Crippen LogP contribution is -2.58. The Kier molecular flexibility index (Phi) is 4.08. The third-order valence-electron chi connectivity index (χ3n) is 4.62. The van der Waals surface area contributed by atoms with Crippen LogP contribution in [0.25, 0.3) is 0 Å². The van der Waals surface area contributed by atoms with Crippen molar-refractivity contribution < 1.29 is 9.90 Å². The summed E-state index contributed by atoms with van der Waals surface area (Å²) in [6.07, 6.45) is 5.95. The first-order valence-electron chi connectivity index (χ1n) is 7.06. The predicted octanol–water partition coefficient (Wildman–Crippen LogP) is 2.61. The number of nitrogens with zero attached hydrogens (tertiary/aromatic N) is 1. The average Bonchev–Trinajstić information content (AvgIpc) is 2.22. The number of likely N-dealkylation sites (tertiary alicyclic amines) is 1. The molecule has 1 unspecified atom stereocenters. The number of hydrogen-bond donors (Lipinski definition) is 1. The minimum absolute atomic E-state index is 0.203. The molecule has 0 aromatic heterocycles. The predicted molar refractivity (Wildman–Crippen MR) is 67.9 cm³/mol. The molecule has 1 saturated heterocycles. The number of carboxylic acid groups (broad SMARTS) is 1. The molecule has 0 aromatic rings. The van der Waals surface area contributed by atoms with Gasteiger partial charge in [0, 0.05) is 13.1 Å². The number of aliphatic carboxylic acids is 1. The van der Waals surface area contributed by atoms with E-state index in [1.54, 1.807) is 0 Å². The van der Waals surface area contributed by atoms with Crippen LogP contribution in [-0.2, 0) is 4.79 Å². The minimum atomic E-state index is -0.598. The van der Waals surface area contributed by atoms with Crippen LogP contribution in [0.15, 0.2) is 0 Å². The highest BCUT2D eigenvalue weighted by Gasteiger charge is 2.41. The van der Waals surface area contributed by atoms with Gasteiger partial charge in [0.15, 0.2) is 0 Å². The van der Waals surface area contributed by atoms with E-state index in [-0.39, 0.29) is 6.04 Å². The Morgan fingerprint density at radius 3 is 2.18 bits per heavy atom. The highest BCUT2D eigenvalue weighted by Crippen LogP contribution is 2.34. The SMILES string of the molecule is CC(C)C1CN(C(C(=O)O)C2CCCCC2)C1. The van der Waals surface area contributed by atoms with Crippen molar-refractivity contribution in [2.24, 2.45) is 17.8 Å². The van der Waals surface area contributed by atoms with Crippen molar-refractivity contribution in [1.29, 1.82) is 0 Å². The quantitative estimate of drug-likeness (QED) is 0.820. The zero-order valence-electron chi connectivity index (χ0n) is 11.1. The molecule has 2 fully saturated rings. The van der Waals surface area contributed by atoms with Crippen LogP contribution >= 0.6 is 0 Å². The van der Waals surface area contributed by atoms with Gasteiger partial charge in [0.25, 0.3) is 0 Å². The molecule has 1 N–H and O–H groups in total. The molecule has 0 aromatic carbocycles. The molecule has 2 aliphatic rings. The zero-order valence-corrected chi connectivity index (χ0v) is 11.1. The van der Waals surface area contributed by atoms with Crippen LogP contribution < -0.4 is 0 Å². The lowest BCUT2D eigenvalue weighted by molar-refractivity contribution is -0.150.